The van der Waals surface area contributed by atoms with E-state index in [1.165, 1.54) is 6.92 Å². The van der Waals surface area contributed by atoms with Gasteiger partial charge >= 0.3 is 6.18 Å². The van der Waals surface area contributed by atoms with Crippen LogP contribution < -0.4 is 4.90 Å². The molecule has 2 rings (SSSR count). The maximum atomic E-state index is 13.0. The van der Waals surface area contributed by atoms with Crippen molar-refractivity contribution >= 4 is 29.2 Å². The van der Waals surface area contributed by atoms with Crippen molar-refractivity contribution in [2.45, 2.75) is 26.4 Å². The Morgan fingerprint density at radius 2 is 1.90 bits per heavy atom. The number of rotatable bonds is 2. The fourth-order valence-electron chi connectivity index (χ4n) is 1.96. The van der Waals surface area contributed by atoms with Crippen LogP contribution in [0.4, 0.5) is 19.0 Å². The summed E-state index contributed by atoms with van der Waals surface area (Å²) in [6.07, 6.45) is -3.45. The lowest BCUT2D eigenvalue weighted by atomic mass is 10.1. The van der Waals surface area contributed by atoms with Gasteiger partial charge in [-0.05, 0) is 25.0 Å². The largest absolute Gasteiger partial charge is 0.416 e. The molecule has 0 unspecified atom stereocenters. The van der Waals surface area contributed by atoms with E-state index in [1.807, 2.05) is 0 Å². The molecule has 1 aromatic heterocycles. The molecule has 0 radical (unpaired) electrons. The zero-order valence-corrected chi connectivity index (χ0v) is 11.8. The zero-order chi connectivity index (χ0) is 15.9. The molecule has 0 spiro atoms. The molecule has 8 heteroatoms. The van der Waals surface area contributed by atoms with Gasteiger partial charge in [-0.3, -0.25) is 9.59 Å². The molecule has 0 saturated carbocycles. The summed E-state index contributed by atoms with van der Waals surface area (Å²) in [6.45, 7) is 2.88. The van der Waals surface area contributed by atoms with E-state index in [4.69, 9.17) is 11.6 Å². The first-order chi connectivity index (χ1) is 9.68. The summed E-state index contributed by atoms with van der Waals surface area (Å²) in [4.78, 5) is 28.0. The Labute approximate surface area is 123 Å². The molecule has 0 aromatic carbocycles. The van der Waals surface area contributed by atoms with E-state index >= 15 is 0 Å². The fraction of sp³-hybridized carbons (Fsp3) is 0.308. The third-order valence-electron chi connectivity index (χ3n) is 3.13. The van der Waals surface area contributed by atoms with E-state index in [0.717, 1.165) is 6.20 Å². The molecule has 0 saturated heterocycles. The number of alkyl halides is 3. The van der Waals surface area contributed by atoms with Gasteiger partial charge in [0.15, 0.2) is 0 Å². The van der Waals surface area contributed by atoms with Gasteiger partial charge in [0.25, 0.3) is 11.8 Å². The van der Waals surface area contributed by atoms with Crippen LogP contribution in [0.15, 0.2) is 22.9 Å². The quantitative estimate of drug-likeness (QED) is 0.788. The highest BCUT2D eigenvalue weighted by molar-refractivity contribution is 6.52. The number of carbonyl (C=O) groups excluding carboxylic acids is 2. The molecule has 0 bridgehead atoms. The lowest BCUT2D eigenvalue weighted by Crippen LogP contribution is -2.32. The molecule has 0 fully saturated rings. The number of aromatic nitrogens is 1. The number of anilines is 1. The Hall–Kier alpha value is -1.89. The number of carbonyl (C=O) groups is 2. The minimum atomic E-state index is -4.60. The highest BCUT2D eigenvalue weighted by Crippen LogP contribution is 2.35. The van der Waals surface area contributed by atoms with Gasteiger partial charge in [-0.1, -0.05) is 18.5 Å². The Morgan fingerprint density at radius 1 is 1.29 bits per heavy atom. The van der Waals surface area contributed by atoms with Crippen molar-refractivity contribution < 1.29 is 22.8 Å². The van der Waals surface area contributed by atoms with Gasteiger partial charge in [0.2, 0.25) is 0 Å². The number of halogens is 4. The molecule has 0 atom stereocenters. The third kappa shape index (κ3) is 2.53. The number of imide groups is 1. The van der Waals surface area contributed by atoms with Gasteiger partial charge in [0.05, 0.1) is 5.56 Å². The van der Waals surface area contributed by atoms with E-state index in [-0.39, 0.29) is 28.4 Å². The van der Waals surface area contributed by atoms with Crippen LogP contribution in [-0.2, 0) is 22.2 Å². The number of hydrogen-bond donors (Lipinski definition) is 0. The molecule has 1 aliphatic rings. The first kappa shape index (κ1) is 15.5. The molecule has 1 aliphatic heterocycles. The molecule has 0 aliphatic carbocycles. The van der Waals surface area contributed by atoms with E-state index in [9.17, 15) is 22.8 Å². The zero-order valence-electron chi connectivity index (χ0n) is 11.1. The van der Waals surface area contributed by atoms with Crippen molar-refractivity contribution in [3.8, 4) is 0 Å². The molecule has 2 heterocycles. The smallest absolute Gasteiger partial charge is 0.268 e. The van der Waals surface area contributed by atoms with Crippen molar-refractivity contribution in [2.75, 3.05) is 4.90 Å². The normalized spacial score (nSPS) is 16.2. The van der Waals surface area contributed by atoms with Crippen molar-refractivity contribution in [1.82, 2.24) is 4.98 Å². The average molecular weight is 319 g/mol. The van der Waals surface area contributed by atoms with Crippen LogP contribution in [-0.4, -0.2) is 16.8 Å². The van der Waals surface area contributed by atoms with Gasteiger partial charge in [-0.25, -0.2) is 9.88 Å². The lowest BCUT2D eigenvalue weighted by molar-refractivity contribution is -0.138. The molecular weight excluding hydrogens is 309 g/mol. The standard InChI is InChI=1S/C13H10ClF3N2O2/c1-3-7-5-18-9(4-8(7)13(15,16)17)19-11(20)6(2)10(14)12(19)21/h4-5H,3H2,1-2H3. The van der Waals surface area contributed by atoms with Crippen LogP contribution in [0.25, 0.3) is 0 Å². The van der Waals surface area contributed by atoms with Crippen molar-refractivity contribution in [1.29, 1.82) is 0 Å². The van der Waals surface area contributed by atoms with E-state index in [1.54, 1.807) is 6.92 Å². The minimum Gasteiger partial charge on any atom is -0.268 e. The van der Waals surface area contributed by atoms with Crippen molar-refractivity contribution in [2.24, 2.45) is 0 Å². The molecule has 112 valence electrons. The predicted octanol–water partition coefficient (Wildman–Crippen LogP) is 3.05. The van der Waals surface area contributed by atoms with Crippen molar-refractivity contribution in [3.63, 3.8) is 0 Å². The highest BCUT2D eigenvalue weighted by Gasteiger charge is 2.39. The van der Waals surface area contributed by atoms with Crippen LogP contribution in [0.2, 0.25) is 0 Å². The maximum absolute atomic E-state index is 13.0. The summed E-state index contributed by atoms with van der Waals surface area (Å²) in [5.74, 6) is -2.02. The van der Waals surface area contributed by atoms with Crippen LogP contribution in [0.1, 0.15) is 25.0 Å². The SMILES string of the molecule is CCc1cnc(N2C(=O)C(C)=C(Cl)C2=O)cc1C(F)(F)F. The Bertz CT molecular complexity index is 644. The second-order valence-corrected chi connectivity index (χ2v) is 4.81. The number of pyridine rings is 1. The second kappa shape index (κ2) is 5.14. The summed E-state index contributed by atoms with van der Waals surface area (Å²) in [5, 5.41) is -0.310. The summed E-state index contributed by atoms with van der Waals surface area (Å²) < 4.78 is 39.0. The number of hydrogen-bond acceptors (Lipinski definition) is 3. The Morgan fingerprint density at radius 3 is 2.33 bits per heavy atom. The molecule has 21 heavy (non-hydrogen) atoms. The molecule has 2 amide bonds. The van der Waals surface area contributed by atoms with Crippen molar-refractivity contribution in [3.05, 3.63) is 34.0 Å². The van der Waals surface area contributed by atoms with Crippen LogP contribution >= 0.6 is 11.6 Å². The topological polar surface area (TPSA) is 50.3 Å². The van der Waals surface area contributed by atoms with Gasteiger partial charge in [-0.2, -0.15) is 13.2 Å². The summed E-state index contributed by atoms with van der Waals surface area (Å²) >= 11 is 5.66. The Balaban J connectivity index is 2.53. The van der Waals surface area contributed by atoms with E-state index in [2.05, 4.69) is 4.98 Å². The van der Waals surface area contributed by atoms with Gasteiger partial charge < -0.3 is 0 Å². The Kier molecular flexibility index (Phi) is 3.79. The van der Waals surface area contributed by atoms with Crippen LogP contribution in [0.3, 0.4) is 0 Å². The first-order valence-electron chi connectivity index (χ1n) is 5.99. The summed E-state index contributed by atoms with van der Waals surface area (Å²) in [7, 11) is 0. The van der Waals surface area contributed by atoms with Gasteiger partial charge in [-0.15, -0.1) is 0 Å². The van der Waals surface area contributed by atoms with Crippen LogP contribution in [0, 0.1) is 0 Å². The predicted molar refractivity (Wildman–Crippen MR) is 69.7 cm³/mol. The van der Waals surface area contributed by atoms with E-state index < -0.39 is 23.6 Å². The highest BCUT2D eigenvalue weighted by atomic mass is 35.5. The molecule has 1 aromatic rings. The van der Waals surface area contributed by atoms with Crippen LogP contribution in [0.5, 0.6) is 0 Å². The van der Waals surface area contributed by atoms with E-state index in [0.29, 0.717) is 11.0 Å². The third-order valence-corrected chi connectivity index (χ3v) is 3.58. The molecular formula is C13H10ClF3N2O2. The number of aryl methyl sites for hydroxylation is 1. The lowest BCUT2D eigenvalue weighted by Gasteiger charge is -2.17. The number of nitrogens with zero attached hydrogens (tertiary/aromatic N) is 2. The average Bonchev–Trinajstić information content (AvgIpc) is 2.61. The monoisotopic (exact) mass is 318 g/mol. The number of amides is 2. The maximum Gasteiger partial charge on any atom is 0.416 e. The summed E-state index contributed by atoms with van der Waals surface area (Å²) in [5.41, 5.74) is -0.950. The van der Waals surface area contributed by atoms with Gasteiger partial charge in [0, 0.05) is 11.8 Å². The molecule has 4 nitrogen and oxygen atoms in total. The second-order valence-electron chi connectivity index (χ2n) is 4.44. The molecule has 0 N–H and O–H groups in total. The first-order valence-corrected chi connectivity index (χ1v) is 6.37. The fourth-order valence-corrected chi connectivity index (χ4v) is 2.13. The minimum absolute atomic E-state index is 0.0128. The van der Waals surface area contributed by atoms with Gasteiger partial charge in [0.1, 0.15) is 10.9 Å². The summed E-state index contributed by atoms with van der Waals surface area (Å²) in [6, 6.07) is 0.692.